The Bertz CT molecular complexity index is 769. The Kier molecular flexibility index (Phi) is 21.8. The average molecular weight is 568 g/mol. The fourth-order valence-corrected chi connectivity index (χ4v) is 4.79. The van der Waals surface area contributed by atoms with Crippen LogP contribution in [0.5, 0.6) is 11.5 Å². The maximum absolute atomic E-state index is 13.0. The van der Waals surface area contributed by atoms with Crippen molar-refractivity contribution in [3.05, 3.63) is 23.8 Å². The summed E-state index contributed by atoms with van der Waals surface area (Å²) in [6.07, 6.45) is 5.86. The molecule has 0 aliphatic carbocycles. The highest BCUT2D eigenvalue weighted by molar-refractivity contribution is 5.79. The van der Waals surface area contributed by atoms with Gasteiger partial charge in [0.05, 0.1) is 32.5 Å². The number of hydrogen-bond acceptors (Lipinski definition) is 6. The number of rotatable bonds is 21. The zero-order valence-electron chi connectivity index (χ0n) is 27.0. The first-order valence-corrected chi connectivity index (χ1v) is 15.5. The molecule has 40 heavy (non-hydrogen) atoms. The fourth-order valence-electron chi connectivity index (χ4n) is 4.79. The lowest BCUT2D eigenvalue weighted by Gasteiger charge is -2.27. The van der Waals surface area contributed by atoms with Crippen molar-refractivity contribution in [2.45, 2.75) is 112 Å². The predicted molar refractivity (Wildman–Crippen MR) is 165 cm³/mol. The lowest BCUT2D eigenvalue weighted by atomic mass is 9.82. The van der Waals surface area contributed by atoms with Gasteiger partial charge in [0.2, 0.25) is 5.91 Å². The number of amides is 1. The lowest BCUT2D eigenvalue weighted by molar-refractivity contribution is -0.128. The molecule has 0 fully saturated rings. The van der Waals surface area contributed by atoms with E-state index in [4.69, 9.17) is 14.2 Å². The number of aliphatic hydroxyl groups is 2. The van der Waals surface area contributed by atoms with Crippen molar-refractivity contribution in [3.8, 4) is 11.5 Å². The van der Waals surface area contributed by atoms with Gasteiger partial charge in [-0.25, -0.2) is 0 Å². The quantitative estimate of drug-likeness (QED) is 0.148. The molecule has 7 nitrogen and oxygen atoms in total. The van der Waals surface area contributed by atoms with Crippen LogP contribution in [0.1, 0.15) is 99.0 Å². The third-order valence-electron chi connectivity index (χ3n) is 7.43. The van der Waals surface area contributed by atoms with Gasteiger partial charge in [0.25, 0.3) is 0 Å². The number of unbranched alkanes of at least 4 members (excludes halogenated alkanes) is 1. The third kappa shape index (κ3) is 15.2. The Balaban J connectivity index is 0.00000742. The molecule has 7 heteroatoms. The van der Waals surface area contributed by atoms with E-state index in [0.717, 1.165) is 50.0 Å². The summed E-state index contributed by atoms with van der Waals surface area (Å²) in [6, 6.07) is 5.89. The van der Waals surface area contributed by atoms with E-state index in [1.807, 2.05) is 33.8 Å². The van der Waals surface area contributed by atoms with E-state index in [-0.39, 0.29) is 30.4 Å². The summed E-state index contributed by atoms with van der Waals surface area (Å²) < 4.78 is 16.5. The standard InChI is InChI=1S/C31H55NO6.C2H6/c1-8-9-11-26(21-33)32-31(35)28(23(4)5)20-27(34)14-13-25(22(2)3)18-24-12-15-29(37-7)30(19-24)38-17-10-16-36-6;1-2/h12,15,19,22-23,25-28,33-34H,8-11,13-14,16-18,20-21H2,1-7H3,(H,32,35);1-2H3/t25?,26?,27-,28?;/m1./s1. The number of carbonyl (C=O) groups excluding carboxylic acids is 1. The second-order valence-corrected chi connectivity index (χ2v) is 11.2. The van der Waals surface area contributed by atoms with Crippen molar-refractivity contribution in [3.63, 3.8) is 0 Å². The van der Waals surface area contributed by atoms with E-state index in [9.17, 15) is 15.0 Å². The van der Waals surface area contributed by atoms with Gasteiger partial charge in [0, 0.05) is 26.1 Å². The maximum Gasteiger partial charge on any atom is 0.223 e. The van der Waals surface area contributed by atoms with Gasteiger partial charge in [-0.05, 0) is 67.6 Å². The maximum atomic E-state index is 13.0. The molecule has 1 amide bonds. The summed E-state index contributed by atoms with van der Waals surface area (Å²) in [7, 11) is 3.33. The monoisotopic (exact) mass is 567 g/mol. The molecule has 4 atom stereocenters. The Hall–Kier alpha value is -1.83. The van der Waals surface area contributed by atoms with Crippen LogP contribution in [0.2, 0.25) is 0 Å². The minimum absolute atomic E-state index is 0.0551. The van der Waals surface area contributed by atoms with Gasteiger partial charge in [0.1, 0.15) is 0 Å². The van der Waals surface area contributed by atoms with Crippen molar-refractivity contribution in [2.75, 3.05) is 34.0 Å². The first-order chi connectivity index (χ1) is 19.2. The van der Waals surface area contributed by atoms with E-state index in [1.165, 1.54) is 5.56 Å². The van der Waals surface area contributed by atoms with Crippen LogP contribution >= 0.6 is 0 Å². The van der Waals surface area contributed by atoms with Gasteiger partial charge < -0.3 is 29.7 Å². The topological polar surface area (TPSA) is 97.3 Å². The molecule has 0 aliphatic rings. The summed E-state index contributed by atoms with van der Waals surface area (Å²) in [5.74, 6) is 2.07. The Labute approximate surface area is 245 Å². The first-order valence-electron chi connectivity index (χ1n) is 15.5. The highest BCUT2D eigenvalue weighted by atomic mass is 16.5. The molecule has 1 aromatic carbocycles. The molecular weight excluding hydrogens is 506 g/mol. The Morgan fingerprint density at radius 2 is 1.65 bits per heavy atom. The van der Waals surface area contributed by atoms with E-state index in [2.05, 4.69) is 38.2 Å². The minimum atomic E-state index is -0.548. The number of methoxy groups -OCH3 is 2. The van der Waals surface area contributed by atoms with Crippen molar-refractivity contribution in [1.29, 1.82) is 0 Å². The fraction of sp³-hybridized carbons (Fsp3) is 0.788. The lowest BCUT2D eigenvalue weighted by Crippen LogP contribution is -2.43. The zero-order chi connectivity index (χ0) is 30.5. The van der Waals surface area contributed by atoms with Crippen molar-refractivity contribution in [1.82, 2.24) is 5.32 Å². The van der Waals surface area contributed by atoms with Crippen LogP contribution in [0.3, 0.4) is 0 Å². The molecule has 0 bridgehead atoms. The Morgan fingerprint density at radius 3 is 2.20 bits per heavy atom. The van der Waals surface area contributed by atoms with Crippen molar-refractivity contribution in [2.24, 2.45) is 23.7 Å². The van der Waals surface area contributed by atoms with Crippen LogP contribution in [-0.2, 0) is 16.0 Å². The molecule has 0 radical (unpaired) electrons. The summed E-state index contributed by atoms with van der Waals surface area (Å²) >= 11 is 0. The molecule has 3 N–H and O–H groups in total. The van der Waals surface area contributed by atoms with E-state index >= 15 is 0 Å². The summed E-state index contributed by atoms with van der Waals surface area (Å²) in [5.41, 5.74) is 1.18. The number of benzene rings is 1. The number of aliphatic hydroxyl groups excluding tert-OH is 2. The van der Waals surface area contributed by atoms with Crippen molar-refractivity contribution < 1.29 is 29.2 Å². The third-order valence-corrected chi connectivity index (χ3v) is 7.43. The second kappa shape index (κ2) is 22.8. The van der Waals surface area contributed by atoms with Crippen LogP contribution in [0, 0.1) is 23.7 Å². The second-order valence-electron chi connectivity index (χ2n) is 11.2. The van der Waals surface area contributed by atoms with Crippen LogP contribution in [0.25, 0.3) is 0 Å². The van der Waals surface area contributed by atoms with Gasteiger partial charge >= 0.3 is 0 Å². The van der Waals surface area contributed by atoms with Gasteiger partial charge in [-0.15, -0.1) is 0 Å². The van der Waals surface area contributed by atoms with Gasteiger partial charge in [-0.3, -0.25) is 4.79 Å². The molecule has 234 valence electrons. The number of ether oxygens (including phenoxy) is 3. The Morgan fingerprint density at radius 1 is 0.950 bits per heavy atom. The molecular formula is C33H61NO6. The summed E-state index contributed by atoms with van der Waals surface area (Å²) in [6.45, 7) is 15.7. The summed E-state index contributed by atoms with van der Waals surface area (Å²) in [5, 5.41) is 23.6. The highest BCUT2D eigenvalue weighted by Gasteiger charge is 2.27. The number of carbonyl (C=O) groups is 1. The molecule has 0 aliphatic heterocycles. The van der Waals surface area contributed by atoms with Gasteiger partial charge in [0.15, 0.2) is 11.5 Å². The molecule has 0 saturated heterocycles. The first kappa shape index (κ1) is 38.2. The van der Waals surface area contributed by atoms with Crippen LogP contribution in [-0.4, -0.2) is 62.3 Å². The number of nitrogens with one attached hydrogen (secondary N) is 1. The highest BCUT2D eigenvalue weighted by Crippen LogP contribution is 2.32. The van der Waals surface area contributed by atoms with Crippen LogP contribution in [0.15, 0.2) is 18.2 Å². The molecule has 1 rings (SSSR count). The molecule has 0 spiro atoms. The van der Waals surface area contributed by atoms with Crippen LogP contribution < -0.4 is 14.8 Å². The smallest absolute Gasteiger partial charge is 0.223 e. The number of hydrogen-bond donors (Lipinski definition) is 3. The summed E-state index contributed by atoms with van der Waals surface area (Å²) in [4.78, 5) is 13.0. The van der Waals surface area contributed by atoms with E-state index in [1.54, 1.807) is 14.2 Å². The molecule has 0 heterocycles. The van der Waals surface area contributed by atoms with E-state index < -0.39 is 6.10 Å². The zero-order valence-corrected chi connectivity index (χ0v) is 27.0. The van der Waals surface area contributed by atoms with Crippen molar-refractivity contribution >= 4 is 5.91 Å². The SMILES string of the molecule is CC.CCCCC(CO)NC(=O)C(C[C@H](O)CCC(Cc1ccc(OC)c(OCCCOC)c1)C(C)C)C(C)C. The average Bonchev–Trinajstić information content (AvgIpc) is 2.94. The van der Waals surface area contributed by atoms with Gasteiger partial charge in [-0.2, -0.15) is 0 Å². The molecule has 3 unspecified atom stereocenters. The minimum Gasteiger partial charge on any atom is -0.493 e. The normalized spacial score (nSPS) is 14.2. The predicted octanol–water partition coefficient (Wildman–Crippen LogP) is 6.42. The largest absolute Gasteiger partial charge is 0.493 e. The van der Waals surface area contributed by atoms with Crippen LogP contribution in [0.4, 0.5) is 0 Å². The van der Waals surface area contributed by atoms with Gasteiger partial charge in [-0.1, -0.05) is 67.4 Å². The molecule has 0 saturated carbocycles. The molecule has 1 aromatic rings. The molecule has 0 aromatic heterocycles. The van der Waals surface area contributed by atoms with E-state index in [0.29, 0.717) is 37.9 Å².